The fourth-order valence-electron chi connectivity index (χ4n) is 4.01. The maximum absolute atomic E-state index is 12.8. The molecule has 2 aliphatic heterocycles. The fraction of sp³-hybridized carbons (Fsp3) is 0.526. The van der Waals surface area contributed by atoms with Crippen molar-refractivity contribution in [3.05, 3.63) is 41.0 Å². The van der Waals surface area contributed by atoms with Crippen LogP contribution in [0.1, 0.15) is 47.9 Å². The standard InChI is InChI=1S/C19H25N5O2/c1-12-8-13(2)15-4-3-7-24(16(15)9-12)19(25)20-10-14-5-6-17(26-14)18-21-11-22-23-18/h8-9,11,14,17H,3-7,10H2,1-2H3,(H,20,25)(H,21,22,23)/t14-,17+/m0/s1. The number of anilines is 1. The van der Waals surface area contributed by atoms with Crippen molar-refractivity contribution < 1.29 is 9.53 Å². The summed E-state index contributed by atoms with van der Waals surface area (Å²) in [6.07, 6.45) is 5.28. The van der Waals surface area contributed by atoms with Gasteiger partial charge in [-0.05, 0) is 62.3 Å². The smallest absolute Gasteiger partial charge is 0.321 e. The van der Waals surface area contributed by atoms with Crippen LogP contribution in [-0.2, 0) is 11.2 Å². The fourth-order valence-corrected chi connectivity index (χ4v) is 4.01. The zero-order valence-electron chi connectivity index (χ0n) is 15.3. The number of fused-ring (bicyclic) bond motifs is 1. The van der Waals surface area contributed by atoms with Gasteiger partial charge in [0.15, 0.2) is 5.82 Å². The first-order chi connectivity index (χ1) is 12.6. The van der Waals surface area contributed by atoms with E-state index in [1.54, 1.807) is 0 Å². The first kappa shape index (κ1) is 17.0. The first-order valence-corrected chi connectivity index (χ1v) is 9.28. The summed E-state index contributed by atoms with van der Waals surface area (Å²) in [5.41, 5.74) is 4.80. The van der Waals surface area contributed by atoms with Gasteiger partial charge in [0.05, 0.1) is 6.10 Å². The van der Waals surface area contributed by atoms with Gasteiger partial charge in [-0.2, -0.15) is 5.10 Å². The molecule has 2 atom stereocenters. The van der Waals surface area contributed by atoms with E-state index >= 15 is 0 Å². The van der Waals surface area contributed by atoms with E-state index in [0.29, 0.717) is 6.54 Å². The number of ether oxygens (including phenoxy) is 1. The topological polar surface area (TPSA) is 83.1 Å². The molecule has 0 radical (unpaired) electrons. The average molecular weight is 355 g/mol. The molecule has 1 aromatic carbocycles. The van der Waals surface area contributed by atoms with Crippen LogP contribution in [0.2, 0.25) is 0 Å². The van der Waals surface area contributed by atoms with Crippen molar-refractivity contribution in [3.8, 4) is 0 Å². The van der Waals surface area contributed by atoms with Crippen LogP contribution >= 0.6 is 0 Å². The minimum atomic E-state index is -0.0552. The lowest BCUT2D eigenvalue weighted by Crippen LogP contribution is -2.45. The van der Waals surface area contributed by atoms with E-state index in [1.165, 1.54) is 23.0 Å². The van der Waals surface area contributed by atoms with Crippen LogP contribution in [0.15, 0.2) is 18.5 Å². The molecule has 0 aliphatic carbocycles. The maximum Gasteiger partial charge on any atom is 0.321 e. The lowest BCUT2D eigenvalue weighted by molar-refractivity contribution is 0.0416. The Morgan fingerprint density at radius 1 is 1.38 bits per heavy atom. The SMILES string of the molecule is Cc1cc(C)c2c(c1)N(C(=O)NC[C@@H]1CC[C@H](c3ncn[nH]3)O1)CCC2. The van der Waals surface area contributed by atoms with Gasteiger partial charge in [-0.3, -0.25) is 10.00 Å². The zero-order chi connectivity index (χ0) is 18.1. The van der Waals surface area contributed by atoms with E-state index in [4.69, 9.17) is 4.74 Å². The number of aromatic amines is 1. The summed E-state index contributed by atoms with van der Waals surface area (Å²) >= 11 is 0. The quantitative estimate of drug-likeness (QED) is 0.887. The van der Waals surface area contributed by atoms with Crippen LogP contribution in [0, 0.1) is 13.8 Å². The van der Waals surface area contributed by atoms with Crippen molar-refractivity contribution in [1.29, 1.82) is 0 Å². The molecule has 0 bridgehead atoms. The van der Waals surface area contributed by atoms with Crippen LogP contribution in [0.5, 0.6) is 0 Å². The molecule has 0 unspecified atom stereocenters. The molecule has 4 rings (SSSR count). The Bertz CT molecular complexity index is 789. The second kappa shape index (κ2) is 7.07. The first-order valence-electron chi connectivity index (χ1n) is 9.28. The molecular weight excluding hydrogens is 330 g/mol. The van der Waals surface area contributed by atoms with Gasteiger partial charge < -0.3 is 10.1 Å². The summed E-state index contributed by atoms with van der Waals surface area (Å²) in [5, 5.41) is 9.78. The minimum Gasteiger partial charge on any atom is -0.365 e. The van der Waals surface area contributed by atoms with Crippen LogP contribution in [0.4, 0.5) is 10.5 Å². The molecule has 2 N–H and O–H groups in total. The molecule has 7 heteroatoms. The highest BCUT2D eigenvalue weighted by atomic mass is 16.5. The zero-order valence-corrected chi connectivity index (χ0v) is 15.3. The Morgan fingerprint density at radius 2 is 2.27 bits per heavy atom. The highest BCUT2D eigenvalue weighted by molar-refractivity contribution is 5.93. The highest BCUT2D eigenvalue weighted by Gasteiger charge is 2.30. The number of aromatic nitrogens is 3. The van der Waals surface area contributed by atoms with E-state index in [1.807, 2.05) is 4.90 Å². The molecule has 0 saturated carbocycles. The normalized spacial score (nSPS) is 22.3. The van der Waals surface area contributed by atoms with Crippen molar-refractivity contribution in [3.63, 3.8) is 0 Å². The Kier molecular flexibility index (Phi) is 4.63. The molecule has 3 heterocycles. The molecule has 2 amide bonds. The number of urea groups is 1. The van der Waals surface area contributed by atoms with E-state index in [9.17, 15) is 4.79 Å². The predicted molar refractivity (Wildman–Crippen MR) is 98.2 cm³/mol. The molecule has 1 fully saturated rings. The lowest BCUT2D eigenvalue weighted by atomic mass is 9.95. The van der Waals surface area contributed by atoms with Crippen LogP contribution < -0.4 is 10.2 Å². The third-order valence-corrected chi connectivity index (χ3v) is 5.27. The van der Waals surface area contributed by atoms with Gasteiger partial charge in [0.2, 0.25) is 0 Å². The Balaban J connectivity index is 1.38. The Hall–Kier alpha value is -2.41. The van der Waals surface area contributed by atoms with Crippen molar-refractivity contribution in [1.82, 2.24) is 20.5 Å². The van der Waals surface area contributed by atoms with Gasteiger partial charge in [0.1, 0.15) is 12.4 Å². The van der Waals surface area contributed by atoms with Crippen molar-refractivity contribution in [2.75, 3.05) is 18.0 Å². The summed E-state index contributed by atoms with van der Waals surface area (Å²) < 4.78 is 5.98. The number of nitrogens with zero attached hydrogens (tertiary/aromatic N) is 3. The van der Waals surface area contributed by atoms with Gasteiger partial charge in [-0.25, -0.2) is 9.78 Å². The number of H-pyrrole nitrogens is 1. The number of aryl methyl sites for hydroxylation is 2. The molecule has 7 nitrogen and oxygen atoms in total. The highest BCUT2D eigenvalue weighted by Crippen LogP contribution is 2.32. The van der Waals surface area contributed by atoms with Gasteiger partial charge in [0.25, 0.3) is 0 Å². The number of hydrogen-bond donors (Lipinski definition) is 2. The summed E-state index contributed by atoms with van der Waals surface area (Å²) in [4.78, 5) is 18.8. The number of carbonyl (C=O) groups excluding carboxylic acids is 1. The maximum atomic E-state index is 12.8. The Labute approximate surface area is 153 Å². The molecule has 26 heavy (non-hydrogen) atoms. The molecule has 2 aliphatic rings. The predicted octanol–water partition coefficient (Wildman–Crippen LogP) is 2.80. The number of benzene rings is 1. The molecular formula is C19H25N5O2. The van der Waals surface area contributed by atoms with Crippen molar-refractivity contribution in [2.24, 2.45) is 0 Å². The molecule has 138 valence electrons. The third-order valence-electron chi connectivity index (χ3n) is 5.27. The number of rotatable bonds is 3. The van der Waals surface area contributed by atoms with Crippen LogP contribution in [0.3, 0.4) is 0 Å². The average Bonchev–Trinajstić information content (AvgIpc) is 3.30. The molecule has 1 saturated heterocycles. The second-order valence-corrected chi connectivity index (χ2v) is 7.22. The largest absolute Gasteiger partial charge is 0.365 e. The summed E-state index contributed by atoms with van der Waals surface area (Å²) in [6, 6.07) is 4.27. The summed E-state index contributed by atoms with van der Waals surface area (Å²) in [7, 11) is 0. The van der Waals surface area contributed by atoms with Crippen LogP contribution in [0.25, 0.3) is 0 Å². The molecule has 2 aromatic rings. The summed E-state index contributed by atoms with van der Waals surface area (Å²) in [5.74, 6) is 0.759. The van der Waals surface area contributed by atoms with E-state index in [2.05, 4.69) is 46.5 Å². The number of nitrogens with one attached hydrogen (secondary N) is 2. The van der Waals surface area contributed by atoms with Crippen molar-refractivity contribution in [2.45, 2.75) is 51.7 Å². The lowest BCUT2D eigenvalue weighted by Gasteiger charge is -2.31. The molecule has 1 aromatic heterocycles. The van der Waals surface area contributed by atoms with Gasteiger partial charge >= 0.3 is 6.03 Å². The van der Waals surface area contributed by atoms with Gasteiger partial charge in [-0.1, -0.05) is 6.07 Å². The van der Waals surface area contributed by atoms with E-state index in [-0.39, 0.29) is 18.2 Å². The van der Waals surface area contributed by atoms with Gasteiger partial charge in [0, 0.05) is 18.8 Å². The van der Waals surface area contributed by atoms with E-state index < -0.39 is 0 Å². The van der Waals surface area contributed by atoms with Crippen LogP contribution in [-0.4, -0.2) is 40.4 Å². The third kappa shape index (κ3) is 3.31. The number of carbonyl (C=O) groups is 1. The number of hydrogen-bond acceptors (Lipinski definition) is 4. The monoisotopic (exact) mass is 355 g/mol. The minimum absolute atomic E-state index is 0.0116. The number of amides is 2. The second-order valence-electron chi connectivity index (χ2n) is 7.22. The summed E-state index contributed by atoms with van der Waals surface area (Å²) in [6.45, 7) is 5.48. The molecule has 0 spiro atoms. The van der Waals surface area contributed by atoms with E-state index in [0.717, 1.165) is 43.7 Å². The Morgan fingerprint density at radius 3 is 3.08 bits per heavy atom. The van der Waals surface area contributed by atoms with Gasteiger partial charge in [-0.15, -0.1) is 0 Å². The van der Waals surface area contributed by atoms with Crippen molar-refractivity contribution >= 4 is 11.7 Å².